The van der Waals surface area contributed by atoms with Crippen molar-refractivity contribution < 1.29 is 46.8 Å². The fourth-order valence-electron chi connectivity index (χ4n) is 7.54. The molecule has 0 unspecified atom stereocenters. The van der Waals surface area contributed by atoms with Gasteiger partial charge in [-0.3, -0.25) is 0 Å². The lowest BCUT2D eigenvalue weighted by atomic mass is 9.66. The van der Waals surface area contributed by atoms with Crippen LogP contribution in [0.15, 0.2) is 119 Å². The Morgan fingerprint density at radius 2 is 0.647 bits per heavy atom. The van der Waals surface area contributed by atoms with E-state index in [-0.39, 0.29) is 56.4 Å². The largest absolute Gasteiger partial charge is 0.508 e. The summed E-state index contributed by atoms with van der Waals surface area (Å²) in [6.45, 7) is 3.19. The summed E-state index contributed by atoms with van der Waals surface area (Å²) in [4.78, 5) is 0.651. The molecule has 0 bridgehead atoms. The zero-order valence-corrected chi connectivity index (χ0v) is 28.2. The minimum Gasteiger partial charge on any atom is -0.508 e. The summed E-state index contributed by atoms with van der Waals surface area (Å²) >= 11 is 2.16. The molecule has 0 amide bonds. The number of phenolic OH excluding ortho intramolecular Hbond substituents is 4. The maximum Gasteiger partial charge on any atom is 0.380 e. The van der Waals surface area contributed by atoms with E-state index in [4.69, 9.17) is 0 Å². The number of allylic oxidation sites excluding steroid dienone is 4. The van der Waals surface area contributed by atoms with E-state index in [1.807, 2.05) is 0 Å². The van der Waals surface area contributed by atoms with Crippen LogP contribution in [0.5, 0.6) is 23.0 Å². The lowest BCUT2D eigenvalue weighted by Crippen LogP contribution is -2.49. The molecule has 1 fully saturated rings. The van der Waals surface area contributed by atoms with Gasteiger partial charge in [0.1, 0.15) is 23.0 Å². The van der Waals surface area contributed by atoms with E-state index in [1.54, 1.807) is 13.8 Å². The van der Waals surface area contributed by atoms with Crippen LogP contribution >= 0.6 is 23.5 Å². The minimum atomic E-state index is -5.82. The van der Waals surface area contributed by atoms with Crippen molar-refractivity contribution in [3.8, 4) is 23.0 Å². The number of alkyl halides is 6. The minimum absolute atomic E-state index is 0.0269. The van der Waals surface area contributed by atoms with Crippen molar-refractivity contribution in [3.05, 3.63) is 142 Å². The fourth-order valence-corrected chi connectivity index (χ4v) is 11.0. The van der Waals surface area contributed by atoms with Crippen molar-refractivity contribution in [2.75, 3.05) is 0 Å². The van der Waals surface area contributed by atoms with E-state index < -0.39 is 38.4 Å². The summed E-state index contributed by atoms with van der Waals surface area (Å²) in [6, 6.07) is 22.5. The summed E-state index contributed by atoms with van der Waals surface area (Å²) in [6.07, 6.45) is 0. The molecule has 8 rings (SSSR count). The van der Waals surface area contributed by atoms with E-state index in [1.165, 1.54) is 97.1 Å². The Hall–Kier alpha value is -4.68. The molecule has 4 aromatic rings. The van der Waals surface area contributed by atoms with Crippen LogP contribution in [-0.2, 0) is 0 Å². The van der Waals surface area contributed by atoms with Crippen molar-refractivity contribution >= 4 is 44.5 Å². The SMILES string of the molecule is C[C@@]12SC(c3ccc(O)cc3)=C(c3ccc(O)cc3)C1=C1C(=C3C(c4ccc(O)cc4)=C(c4ccc(O)cc4)S[C@]32C)C(F)(F)C(F)(F)C1(F)F. The Kier molecular flexibility index (Phi) is 7.00. The van der Waals surface area contributed by atoms with Gasteiger partial charge in [0, 0.05) is 32.1 Å². The van der Waals surface area contributed by atoms with Crippen molar-refractivity contribution in [3.63, 3.8) is 0 Å². The highest BCUT2D eigenvalue weighted by atomic mass is 32.2. The fraction of sp³-hybridized carbons (Fsp3) is 0.179. The van der Waals surface area contributed by atoms with Crippen molar-refractivity contribution in [1.29, 1.82) is 0 Å². The van der Waals surface area contributed by atoms with Gasteiger partial charge < -0.3 is 20.4 Å². The van der Waals surface area contributed by atoms with Gasteiger partial charge in [-0.1, -0.05) is 48.5 Å². The second kappa shape index (κ2) is 10.7. The van der Waals surface area contributed by atoms with Crippen LogP contribution in [0.25, 0.3) is 21.0 Å². The molecule has 0 saturated heterocycles. The molecule has 4 nitrogen and oxygen atoms in total. The third-order valence-corrected chi connectivity index (χ3v) is 13.6. The van der Waals surface area contributed by atoms with E-state index in [0.717, 1.165) is 23.5 Å². The lowest BCUT2D eigenvalue weighted by molar-refractivity contribution is -0.258. The summed E-state index contributed by atoms with van der Waals surface area (Å²) in [5.74, 6) is -17.0. The number of phenols is 4. The van der Waals surface area contributed by atoms with Gasteiger partial charge in [-0.15, -0.1) is 23.5 Å². The summed E-state index contributed by atoms with van der Waals surface area (Å²) in [5, 5.41) is 40.4. The maximum atomic E-state index is 16.6. The molecule has 260 valence electrons. The number of hydrogen-bond donors (Lipinski definition) is 4. The molecule has 4 aliphatic rings. The molecule has 1 saturated carbocycles. The Morgan fingerprint density at radius 3 is 0.922 bits per heavy atom. The second-order valence-electron chi connectivity index (χ2n) is 13.1. The van der Waals surface area contributed by atoms with Crippen LogP contribution in [0, 0.1) is 0 Å². The summed E-state index contributed by atoms with van der Waals surface area (Å²) in [7, 11) is 0. The maximum absolute atomic E-state index is 16.6. The highest BCUT2D eigenvalue weighted by Gasteiger charge is 2.85. The lowest BCUT2D eigenvalue weighted by Gasteiger charge is -2.48. The molecule has 2 aliphatic heterocycles. The number of fused-ring (bicyclic) bond motifs is 4. The van der Waals surface area contributed by atoms with E-state index in [9.17, 15) is 20.4 Å². The first kappa shape index (κ1) is 33.5. The molecule has 4 N–H and O–H groups in total. The molecule has 4 aromatic carbocycles. The predicted octanol–water partition coefficient (Wildman–Crippen LogP) is 10.5. The number of halogens is 6. The van der Waals surface area contributed by atoms with Gasteiger partial charge in [-0.05, 0) is 95.8 Å². The molecule has 51 heavy (non-hydrogen) atoms. The monoisotopic (exact) mass is 736 g/mol. The number of benzene rings is 4. The zero-order chi connectivity index (χ0) is 36.5. The normalized spacial score (nSPS) is 25.7. The number of rotatable bonds is 4. The molecule has 2 aliphatic carbocycles. The van der Waals surface area contributed by atoms with Crippen LogP contribution in [0.2, 0.25) is 0 Å². The Morgan fingerprint density at radius 1 is 0.392 bits per heavy atom. The summed E-state index contributed by atoms with van der Waals surface area (Å²) < 4.78 is 95.1. The van der Waals surface area contributed by atoms with Gasteiger partial charge >= 0.3 is 17.8 Å². The molecule has 0 radical (unpaired) electrons. The average molecular weight is 737 g/mol. The van der Waals surface area contributed by atoms with E-state index >= 15 is 26.3 Å². The highest BCUT2D eigenvalue weighted by Crippen LogP contribution is 2.79. The topological polar surface area (TPSA) is 80.9 Å². The molecule has 2 atom stereocenters. The van der Waals surface area contributed by atoms with Gasteiger partial charge in [0.2, 0.25) is 0 Å². The van der Waals surface area contributed by atoms with Crippen LogP contribution in [0.4, 0.5) is 26.3 Å². The quantitative estimate of drug-likeness (QED) is 0.156. The molecule has 0 aromatic heterocycles. The van der Waals surface area contributed by atoms with Crippen molar-refractivity contribution in [1.82, 2.24) is 0 Å². The zero-order valence-electron chi connectivity index (χ0n) is 26.6. The third-order valence-electron chi connectivity index (χ3n) is 10.2. The molecular formula is C39H26F6O4S2. The first-order valence-corrected chi connectivity index (χ1v) is 17.3. The summed E-state index contributed by atoms with van der Waals surface area (Å²) in [5.41, 5.74) is -2.33. The Bertz CT molecular complexity index is 2110. The third kappa shape index (κ3) is 4.32. The molecule has 12 heteroatoms. The highest BCUT2D eigenvalue weighted by molar-refractivity contribution is 8.14. The van der Waals surface area contributed by atoms with Crippen LogP contribution in [0.1, 0.15) is 36.1 Å². The van der Waals surface area contributed by atoms with Gasteiger partial charge in [-0.25, -0.2) is 0 Å². The Labute approximate surface area is 296 Å². The predicted molar refractivity (Wildman–Crippen MR) is 187 cm³/mol. The number of hydrogen-bond acceptors (Lipinski definition) is 6. The van der Waals surface area contributed by atoms with Gasteiger partial charge in [0.25, 0.3) is 0 Å². The molecule has 2 heterocycles. The standard InChI is InChI=1S/C39H26F6O4S2/c1-35-29(27(19-3-11-23(46)12-4-19)33(50-35)21-7-15-25(48)16-8-21)31-32(38(42,43)39(44,45)37(31,40)41)30-28(20-5-13-24(47)14-6-20)34(51-36(30,35)2)22-9-17-26(49)18-10-22/h3-18,46-49H,1-2H3/t35-,36-/m1/s1. The van der Waals surface area contributed by atoms with Crippen molar-refractivity contribution in [2.45, 2.75) is 41.1 Å². The van der Waals surface area contributed by atoms with E-state index in [0.29, 0.717) is 20.9 Å². The van der Waals surface area contributed by atoms with Crippen LogP contribution in [0.3, 0.4) is 0 Å². The smallest absolute Gasteiger partial charge is 0.380 e. The Balaban J connectivity index is 1.56. The first-order valence-electron chi connectivity index (χ1n) is 15.6. The average Bonchev–Trinajstić information content (AvgIpc) is 3.61. The van der Waals surface area contributed by atoms with Crippen molar-refractivity contribution in [2.24, 2.45) is 0 Å². The van der Waals surface area contributed by atoms with Gasteiger partial charge in [0.05, 0.1) is 9.49 Å². The first-order chi connectivity index (χ1) is 23.9. The van der Waals surface area contributed by atoms with Crippen LogP contribution < -0.4 is 0 Å². The van der Waals surface area contributed by atoms with Gasteiger partial charge in [0.15, 0.2) is 0 Å². The second-order valence-corrected chi connectivity index (χ2v) is 15.9. The van der Waals surface area contributed by atoms with Gasteiger partial charge in [-0.2, -0.15) is 26.3 Å². The number of aromatic hydroxyl groups is 4. The van der Waals surface area contributed by atoms with Crippen LogP contribution in [-0.4, -0.2) is 47.7 Å². The molecular weight excluding hydrogens is 711 g/mol. The number of thioether (sulfide) groups is 2. The van der Waals surface area contributed by atoms with E-state index in [2.05, 4.69) is 0 Å². The molecule has 0 spiro atoms.